The molecule has 0 fully saturated rings. The zero-order valence-corrected chi connectivity index (χ0v) is 12.4. The van der Waals surface area contributed by atoms with E-state index < -0.39 is 0 Å². The van der Waals surface area contributed by atoms with E-state index in [0.29, 0.717) is 11.8 Å². The Morgan fingerprint density at radius 3 is 2.83 bits per heavy atom. The molecule has 3 aliphatic heterocycles. The summed E-state index contributed by atoms with van der Waals surface area (Å²) in [5.74, 6) is 0. The van der Waals surface area contributed by atoms with E-state index in [1.165, 1.54) is 0 Å². The molecule has 0 saturated carbocycles. The summed E-state index contributed by atoms with van der Waals surface area (Å²) in [5.41, 5.74) is 1.08. The van der Waals surface area contributed by atoms with Crippen LogP contribution in [0.3, 0.4) is 0 Å². The van der Waals surface area contributed by atoms with E-state index in [2.05, 4.69) is 10.2 Å². The van der Waals surface area contributed by atoms with Crippen LogP contribution in [0.2, 0.25) is 0 Å². The summed E-state index contributed by atoms with van der Waals surface area (Å²) in [4.78, 5) is 2.01. The number of nitrogens with zero attached hydrogens (tertiary/aromatic N) is 5. The van der Waals surface area contributed by atoms with Gasteiger partial charge in [-0.3, -0.25) is 0 Å². The average molecular weight is 285 g/mol. The van der Waals surface area contributed by atoms with Crippen LogP contribution in [0, 0.1) is 0 Å². The standard InChI is InChI=1S/C10H15N5OS2/c1-5-16-9-12-15-7(2)6-14-10(15,18-9)17-8(11-14)13(3)4/h6H,5H2,1-4H3/q+2. The molecule has 8 heteroatoms. The van der Waals surface area contributed by atoms with Crippen molar-refractivity contribution < 1.29 is 14.1 Å². The van der Waals surface area contributed by atoms with Gasteiger partial charge in [-0.15, -0.1) is 0 Å². The molecule has 0 radical (unpaired) electrons. The largest absolute Gasteiger partial charge is 0.524 e. The fraction of sp³-hybridized carbons (Fsp3) is 0.600. The maximum atomic E-state index is 5.53. The van der Waals surface area contributed by atoms with Crippen molar-refractivity contribution in [1.29, 1.82) is 0 Å². The lowest BCUT2D eigenvalue weighted by Gasteiger charge is -2.08. The minimum Gasteiger partial charge on any atom is -0.469 e. The number of ether oxygens (including phenoxy) is 1. The van der Waals surface area contributed by atoms with E-state index in [4.69, 9.17) is 4.74 Å². The van der Waals surface area contributed by atoms with E-state index in [0.717, 1.165) is 10.9 Å². The summed E-state index contributed by atoms with van der Waals surface area (Å²) in [7, 11) is 3.99. The van der Waals surface area contributed by atoms with E-state index in [1.807, 2.05) is 48.4 Å². The molecule has 0 bridgehead atoms. The molecule has 0 amide bonds. The highest BCUT2D eigenvalue weighted by atomic mass is 32.2. The van der Waals surface area contributed by atoms with Crippen molar-refractivity contribution in [2.75, 3.05) is 20.7 Å². The molecule has 96 valence electrons. The fourth-order valence-electron chi connectivity index (χ4n) is 1.88. The summed E-state index contributed by atoms with van der Waals surface area (Å²) in [6.45, 7) is 4.63. The fourth-order valence-corrected chi connectivity index (χ4v) is 4.47. The topological polar surface area (TPSA) is 43.2 Å². The number of hydrogen-bond acceptors (Lipinski definition) is 6. The summed E-state index contributed by atoms with van der Waals surface area (Å²) >= 11 is 3.28. The van der Waals surface area contributed by atoms with Crippen LogP contribution in [-0.2, 0) is 4.74 Å². The lowest BCUT2D eigenvalue weighted by molar-refractivity contribution is -0.750. The number of hydrogen-bond donors (Lipinski definition) is 0. The Bertz CT molecular complexity index is 536. The Hall–Kier alpha value is -1.02. The van der Waals surface area contributed by atoms with Crippen molar-refractivity contribution in [3.05, 3.63) is 0 Å². The van der Waals surface area contributed by atoms with Crippen molar-refractivity contribution in [2.24, 2.45) is 10.2 Å². The van der Waals surface area contributed by atoms with Gasteiger partial charge in [0.2, 0.25) is 5.17 Å². The SMILES string of the molecule is CCOC1=N[N+]2=C(C)C=[N+]3N=C(N(C)C)SC32S1. The lowest BCUT2D eigenvalue weighted by Crippen LogP contribution is -2.34. The Morgan fingerprint density at radius 1 is 1.39 bits per heavy atom. The van der Waals surface area contributed by atoms with Crippen molar-refractivity contribution in [3.63, 3.8) is 0 Å². The summed E-state index contributed by atoms with van der Waals surface area (Å²) < 4.78 is 9.11. The van der Waals surface area contributed by atoms with Crippen LogP contribution in [0.4, 0.5) is 0 Å². The molecular weight excluding hydrogens is 270 g/mol. The number of rotatable bonds is 1. The lowest BCUT2D eigenvalue weighted by atomic mass is 10.5. The second kappa shape index (κ2) is 3.99. The molecule has 0 N–H and O–H groups in total. The number of hydrazone groups is 2. The quantitative estimate of drug-likeness (QED) is 0.669. The van der Waals surface area contributed by atoms with Gasteiger partial charge < -0.3 is 9.64 Å². The van der Waals surface area contributed by atoms with Gasteiger partial charge in [0.05, 0.1) is 23.5 Å². The Labute approximate surface area is 114 Å². The second-order valence-electron chi connectivity index (χ2n) is 4.26. The summed E-state index contributed by atoms with van der Waals surface area (Å²) in [6.07, 6.45) is 2.02. The third-order valence-corrected chi connectivity index (χ3v) is 5.43. The van der Waals surface area contributed by atoms with Gasteiger partial charge >= 0.3 is 9.56 Å². The van der Waals surface area contributed by atoms with Crippen LogP contribution in [0.15, 0.2) is 10.2 Å². The van der Waals surface area contributed by atoms with Gasteiger partial charge in [0.1, 0.15) is 11.8 Å². The van der Waals surface area contributed by atoms with Gasteiger partial charge in [0, 0.05) is 35.5 Å². The molecule has 6 nitrogen and oxygen atoms in total. The van der Waals surface area contributed by atoms with Gasteiger partial charge in [0.25, 0.3) is 11.9 Å². The maximum absolute atomic E-state index is 5.53. The monoisotopic (exact) mass is 285 g/mol. The summed E-state index contributed by atoms with van der Waals surface area (Å²) in [6, 6.07) is 0. The minimum absolute atomic E-state index is 0.353. The normalized spacial score (nSPS) is 28.8. The first-order valence-corrected chi connectivity index (χ1v) is 7.33. The molecular formula is C10H15N5OS2+2. The van der Waals surface area contributed by atoms with Crippen molar-refractivity contribution in [3.8, 4) is 0 Å². The van der Waals surface area contributed by atoms with Gasteiger partial charge in [0.15, 0.2) is 0 Å². The summed E-state index contributed by atoms with van der Waals surface area (Å²) in [5, 5.41) is 10.8. The van der Waals surface area contributed by atoms with Gasteiger partial charge in [-0.2, -0.15) is 0 Å². The molecule has 0 aromatic heterocycles. The molecule has 3 heterocycles. The van der Waals surface area contributed by atoms with Crippen molar-refractivity contribution in [2.45, 2.75) is 18.2 Å². The van der Waals surface area contributed by atoms with E-state index in [-0.39, 0.29) is 4.33 Å². The third-order valence-electron chi connectivity index (χ3n) is 2.67. The predicted octanol–water partition coefficient (Wildman–Crippen LogP) is 0.802. The molecule has 0 aromatic carbocycles. The molecule has 1 unspecified atom stereocenters. The van der Waals surface area contributed by atoms with E-state index in [1.54, 1.807) is 23.5 Å². The van der Waals surface area contributed by atoms with Gasteiger partial charge in [-0.25, -0.2) is 0 Å². The molecule has 3 rings (SSSR count). The number of thioether (sulfide) groups is 2. The van der Waals surface area contributed by atoms with Crippen LogP contribution in [0.1, 0.15) is 13.8 Å². The third kappa shape index (κ3) is 1.51. The first kappa shape index (κ1) is 12.0. The molecule has 0 saturated heterocycles. The Kier molecular flexibility index (Phi) is 2.67. The van der Waals surface area contributed by atoms with Crippen LogP contribution in [-0.4, -0.2) is 61.6 Å². The smallest absolute Gasteiger partial charge is 0.469 e. The van der Waals surface area contributed by atoms with Crippen molar-refractivity contribution >= 4 is 45.8 Å². The molecule has 3 aliphatic rings. The minimum atomic E-state index is -0.353. The predicted molar refractivity (Wildman–Crippen MR) is 75.4 cm³/mol. The maximum Gasteiger partial charge on any atom is 0.524 e. The van der Waals surface area contributed by atoms with Gasteiger partial charge in [-0.05, 0) is 6.92 Å². The van der Waals surface area contributed by atoms with Crippen LogP contribution >= 0.6 is 23.5 Å². The average Bonchev–Trinajstić information content (AvgIpc) is 2.88. The molecule has 18 heavy (non-hydrogen) atoms. The van der Waals surface area contributed by atoms with E-state index in [9.17, 15) is 0 Å². The Balaban J connectivity index is 1.96. The first-order valence-electron chi connectivity index (χ1n) is 5.70. The van der Waals surface area contributed by atoms with E-state index >= 15 is 0 Å². The zero-order valence-electron chi connectivity index (χ0n) is 10.7. The van der Waals surface area contributed by atoms with Crippen molar-refractivity contribution in [1.82, 2.24) is 4.90 Å². The molecule has 1 atom stereocenters. The second-order valence-corrected chi connectivity index (χ2v) is 6.77. The molecule has 1 spiro atoms. The molecule has 0 aliphatic carbocycles. The zero-order chi connectivity index (χ0) is 12.9. The Morgan fingerprint density at radius 2 is 2.17 bits per heavy atom. The molecule has 0 aromatic rings. The highest BCUT2D eigenvalue weighted by Gasteiger charge is 2.72. The first-order chi connectivity index (χ1) is 8.56. The highest BCUT2D eigenvalue weighted by molar-refractivity contribution is 8.30. The highest BCUT2D eigenvalue weighted by Crippen LogP contribution is 2.50. The van der Waals surface area contributed by atoms with Crippen LogP contribution in [0.25, 0.3) is 0 Å². The number of amidine groups is 1. The van der Waals surface area contributed by atoms with Gasteiger partial charge in [-0.1, -0.05) is 0 Å². The van der Waals surface area contributed by atoms with Crippen LogP contribution < -0.4 is 0 Å². The van der Waals surface area contributed by atoms with Crippen LogP contribution in [0.5, 0.6) is 0 Å².